The van der Waals surface area contributed by atoms with Gasteiger partial charge in [0.05, 0.1) is 23.3 Å². The summed E-state index contributed by atoms with van der Waals surface area (Å²) in [6, 6.07) is 19.7. The average molecular weight is 495 g/mol. The molecule has 0 aliphatic carbocycles. The van der Waals surface area contributed by atoms with Crippen LogP contribution < -0.4 is 13.9 Å². The fraction of sp³-hybridized carbons (Fsp3) is 0.231. The second-order valence-electron chi connectivity index (χ2n) is 8.22. The number of amides is 1. The third kappa shape index (κ3) is 4.85. The SMILES string of the molecule is COc1ccc(N(C)S(=O)(=O)c2cccc(C(=O)OCC(=O)N3c4ccccc4C[C@@H]3C)c2)cc1. The monoisotopic (exact) mass is 494 g/mol. The van der Waals surface area contributed by atoms with Gasteiger partial charge in [-0.3, -0.25) is 9.10 Å². The van der Waals surface area contributed by atoms with Crippen molar-refractivity contribution in [3.05, 3.63) is 83.9 Å². The van der Waals surface area contributed by atoms with Gasteiger partial charge in [-0.15, -0.1) is 0 Å². The van der Waals surface area contributed by atoms with Gasteiger partial charge in [-0.25, -0.2) is 13.2 Å². The van der Waals surface area contributed by atoms with Crippen LogP contribution in [0.5, 0.6) is 5.75 Å². The molecule has 0 saturated heterocycles. The fourth-order valence-electron chi connectivity index (χ4n) is 4.10. The summed E-state index contributed by atoms with van der Waals surface area (Å²) in [4.78, 5) is 27.0. The molecule has 0 spiro atoms. The number of para-hydroxylation sites is 1. The highest BCUT2D eigenvalue weighted by Crippen LogP contribution is 2.32. The van der Waals surface area contributed by atoms with E-state index in [1.54, 1.807) is 29.2 Å². The van der Waals surface area contributed by atoms with Crippen molar-refractivity contribution in [2.75, 3.05) is 30.0 Å². The van der Waals surface area contributed by atoms with Crippen molar-refractivity contribution in [1.29, 1.82) is 0 Å². The van der Waals surface area contributed by atoms with E-state index < -0.39 is 22.6 Å². The van der Waals surface area contributed by atoms with E-state index in [0.717, 1.165) is 22.0 Å². The summed E-state index contributed by atoms with van der Waals surface area (Å²) in [5.41, 5.74) is 2.36. The minimum Gasteiger partial charge on any atom is -0.497 e. The molecule has 1 amide bonds. The molecule has 1 heterocycles. The fourth-order valence-corrected chi connectivity index (χ4v) is 5.34. The van der Waals surface area contributed by atoms with Gasteiger partial charge in [0.2, 0.25) is 0 Å². The molecule has 3 aromatic rings. The maximum atomic E-state index is 13.1. The number of carbonyl (C=O) groups excluding carboxylic acids is 2. The largest absolute Gasteiger partial charge is 0.497 e. The van der Waals surface area contributed by atoms with Crippen molar-refractivity contribution < 1.29 is 27.5 Å². The van der Waals surface area contributed by atoms with Crippen molar-refractivity contribution in [3.63, 3.8) is 0 Å². The zero-order valence-electron chi connectivity index (χ0n) is 19.7. The Morgan fingerprint density at radius 3 is 2.46 bits per heavy atom. The normalized spacial score (nSPS) is 14.8. The van der Waals surface area contributed by atoms with E-state index in [1.807, 2.05) is 31.2 Å². The first-order valence-corrected chi connectivity index (χ1v) is 12.5. The summed E-state index contributed by atoms with van der Waals surface area (Å²) in [5.74, 6) is -0.507. The van der Waals surface area contributed by atoms with Gasteiger partial charge < -0.3 is 14.4 Å². The first-order valence-electron chi connectivity index (χ1n) is 11.0. The van der Waals surface area contributed by atoms with Crippen LogP contribution in [0.1, 0.15) is 22.8 Å². The number of benzene rings is 3. The number of rotatable bonds is 7. The van der Waals surface area contributed by atoms with Crippen LogP contribution in [0, 0.1) is 0 Å². The number of sulfonamides is 1. The summed E-state index contributed by atoms with van der Waals surface area (Å²) in [5, 5.41) is 0. The van der Waals surface area contributed by atoms with Crippen LogP contribution in [0.15, 0.2) is 77.7 Å². The first-order chi connectivity index (χ1) is 16.7. The summed E-state index contributed by atoms with van der Waals surface area (Å²) in [6.45, 7) is 1.49. The highest BCUT2D eigenvalue weighted by Gasteiger charge is 2.31. The van der Waals surface area contributed by atoms with Gasteiger partial charge in [0.25, 0.3) is 15.9 Å². The summed E-state index contributed by atoms with van der Waals surface area (Å²) < 4.78 is 37.8. The third-order valence-corrected chi connectivity index (χ3v) is 7.75. The molecule has 9 heteroatoms. The molecule has 4 rings (SSSR count). The molecule has 0 radical (unpaired) electrons. The first kappa shape index (κ1) is 24.3. The van der Waals surface area contributed by atoms with Crippen LogP contribution in [0.4, 0.5) is 11.4 Å². The molecule has 182 valence electrons. The van der Waals surface area contributed by atoms with E-state index in [4.69, 9.17) is 9.47 Å². The molecule has 1 atom stereocenters. The minimum absolute atomic E-state index is 0.0388. The predicted molar refractivity (Wildman–Crippen MR) is 132 cm³/mol. The molecular formula is C26H26N2O6S. The van der Waals surface area contributed by atoms with Crippen LogP contribution in [0.25, 0.3) is 0 Å². The van der Waals surface area contributed by atoms with E-state index in [1.165, 1.54) is 38.4 Å². The van der Waals surface area contributed by atoms with E-state index in [0.29, 0.717) is 11.4 Å². The molecule has 35 heavy (non-hydrogen) atoms. The molecule has 0 fully saturated rings. The maximum absolute atomic E-state index is 13.1. The van der Waals surface area contributed by atoms with Crippen LogP contribution in [0.3, 0.4) is 0 Å². The number of hydrogen-bond donors (Lipinski definition) is 0. The number of fused-ring (bicyclic) bond motifs is 1. The molecule has 1 aliphatic rings. The minimum atomic E-state index is -3.94. The lowest BCUT2D eigenvalue weighted by Gasteiger charge is -2.22. The van der Waals surface area contributed by atoms with Crippen molar-refractivity contribution in [3.8, 4) is 5.75 Å². The molecule has 0 aromatic heterocycles. The van der Waals surface area contributed by atoms with Crippen molar-refractivity contribution in [1.82, 2.24) is 0 Å². The lowest BCUT2D eigenvalue weighted by Crippen LogP contribution is -2.38. The topological polar surface area (TPSA) is 93.2 Å². The lowest BCUT2D eigenvalue weighted by atomic mass is 10.1. The summed E-state index contributed by atoms with van der Waals surface area (Å²) in [6.07, 6.45) is 0.734. The quantitative estimate of drug-likeness (QED) is 0.466. The molecule has 3 aromatic carbocycles. The maximum Gasteiger partial charge on any atom is 0.338 e. The Balaban J connectivity index is 1.46. The zero-order chi connectivity index (χ0) is 25.2. The lowest BCUT2D eigenvalue weighted by molar-refractivity contribution is -0.122. The van der Waals surface area contributed by atoms with Crippen molar-refractivity contribution >= 4 is 33.3 Å². The molecule has 0 saturated carbocycles. The molecule has 0 bridgehead atoms. The van der Waals surface area contributed by atoms with E-state index in [-0.39, 0.29) is 22.4 Å². The van der Waals surface area contributed by atoms with Gasteiger partial charge in [-0.05, 0) is 67.4 Å². The van der Waals surface area contributed by atoms with E-state index in [9.17, 15) is 18.0 Å². The highest BCUT2D eigenvalue weighted by molar-refractivity contribution is 7.92. The summed E-state index contributed by atoms with van der Waals surface area (Å²) >= 11 is 0. The van der Waals surface area contributed by atoms with Gasteiger partial charge in [0.15, 0.2) is 6.61 Å². The number of nitrogens with zero attached hydrogens (tertiary/aromatic N) is 2. The Bertz CT molecular complexity index is 1350. The van der Waals surface area contributed by atoms with Crippen LogP contribution in [-0.4, -0.2) is 47.1 Å². The third-order valence-electron chi connectivity index (χ3n) is 5.97. The highest BCUT2D eigenvalue weighted by atomic mass is 32.2. The van der Waals surface area contributed by atoms with E-state index >= 15 is 0 Å². The summed E-state index contributed by atoms with van der Waals surface area (Å²) in [7, 11) is -0.991. The van der Waals surface area contributed by atoms with Gasteiger partial charge >= 0.3 is 5.97 Å². The molecule has 0 unspecified atom stereocenters. The second-order valence-corrected chi connectivity index (χ2v) is 10.2. The van der Waals surface area contributed by atoms with Crippen molar-refractivity contribution in [2.24, 2.45) is 0 Å². The van der Waals surface area contributed by atoms with Crippen LogP contribution in [-0.2, 0) is 26.0 Å². The average Bonchev–Trinajstić information content (AvgIpc) is 3.22. The number of anilines is 2. The standard InChI is InChI=1S/C26H26N2O6S/c1-18-15-19-7-4-5-10-24(19)28(18)25(29)17-34-26(30)20-8-6-9-23(16-20)35(31,32)27(2)21-11-13-22(33-3)14-12-21/h4-14,16,18H,15,17H2,1-3H3/t18-/m0/s1. The Morgan fingerprint density at radius 2 is 1.74 bits per heavy atom. The molecule has 1 aliphatic heterocycles. The van der Waals surface area contributed by atoms with Gasteiger partial charge in [-0.1, -0.05) is 24.3 Å². The molecular weight excluding hydrogens is 468 g/mol. The zero-order valence-corrected chi connectivity index (χ0v) is 20.5. The number of methoxy groups -OCH3 is 1. The Kier molecular flexibility index (Phi) is 6.79. The molecule has 8 nitrogen and oxygen atoms in total. The van der Waals surface area contributed by atoms with Gasteiger partial charge in [0, 0.05) is 18.8 Å². The van der Waals surface area contributed by atoms with Gasteiger partial charge in [0.1, 0.15) is 5.75 Å². The molecule has 0 N–H and O–H groups in total. The second kappa shape index (κ2) is 9.79. The number of hydrogen-bond acceptors (Lipinski definition) is 6. The van der Waals surface area contributed by atoms with Gasteiger partial charge in [-0.2, -0.15) is 0 Å². The number of ether oxygens (including phenoxy) is 2. The Labute approximate surface area is 204 Å². The predicted octanol–water partition coefficient (Wildman–Crippen LogP) is 3.65. The Hall–Kier alpha value is -3.85. The van der Waals surface area contributed by atoms with Crippen LogP contribution >= 0.6 is 0 Å². The van der Waals surface area contributed by atoms with Crippen molar-refractivity contribution in [2.45, 2.75) is 24.3 Å². The Morgan fingerprint density at radius 1 is 1.03 bits per heavy atom. The number of carbonyl (C=O) groups is 2. The van der Waals surface area contributed by atoms with E-state index in [2.05, 4.69) is 0 Å². The number of esters is 1. The smallest absolute Gasteiger partial charge is 0.338 e. The van der Waals surface area contributed by atoms with Crippen LogP contribution in [0.2, 0.25) is 0 Å².